The first kappa shape index (κ1) is 13.7. The molecule has 0 saturated heterocycles. The Morgan fingerprint density at radius 1 is 1.15 bits per heavy atom. The zero-order valence-corrected chi connectivity index (χ0v) is 10.9. The van der Waals surface area contributed by atoms with E-state index in [-0.39, 0.29) is 17.1 Å². The molecule has 0 amide bonds. The first-order chi connectivity index (χ1) is 9.61. The van der Waals surface area contributed by atoms with Gasteiger partial charge in [-0.25, -0.2) is 4.79 Å². The van der Waals surface area contributed by atoms with Crippen LogP contribution in [0.2, 0.25) is 0 Å². The monoisotopic (exact) mass is 270 g/mol. The van der Waals surface area contributed by atoms with Crippen molar-refractivity contribution in [2.75, 3.05) is 7.11 Å². The predicted octanol–water partition coefficient (Wildman–Crippen LogP) is 3.03. The number of rotatable bonds is 4. The van der Waals surface area contributed by atoms with Crippen LogP contribution < -0.4 is 4.74 Å². The van der Waals surface area contributed by atoms with Gasteiger partial charge in [-0.15, -0.1) is 0 Å². The maximum absolute atomic E-state index is 11.4. The molecule has 0 radical (unpaired) electrons. The van der Waals surface area contributed by atoms with Gasteiger partial charge in [-0.05, 0) is 29.3 Å². The van der Waals surface area contributed by atoms with Gasteiger partial charge in [-0.2, -0.15) is 0 Å². The number of phenols is 1. The third-order valence-corrected chi connectivity index (χ3v) is 2.83. The highest BCUT2D eigenvalue weighted by Crippen LogP contribution is 2.30. The number of carbonyl (C=O) groups is 1. The molecule has 2 N–H and O–H groups in total. The van der Waals surface area contributed by atoms with Gasteiger partial charge in [0.15, 0.2) is 11.5 Å². The topological polar surface area (TPSA) is 66.8 Å². The van der Waals surface area contributed by atoms with Crippen LogP contribution in [0.5, 0.6) is 11.5 Å². The molecule has 0 unspecified atom stereocenters. The molecule has 2 aromatic carbocycles. The lowest BCUT2D eigenvalue weighted by molar-refractivity contribution is -0.130. The van der Waals surface area contributed by atoms with Crippen LogP contribution in [0.3, 0.4) is 0 Å². The molecule has 0 fully saturated rings. The number of hydrogen-bond acceptors (Lipinski definition) is 3. The minimum Gasteiger partial charge on any atom is -0.504 e. The summed E-state index contributed by atoms with van der Waals surface area (Å²) in [5, 5.41) is 18.9. The SMILES string of the molecule is COc1cc(C(=Cc2ccccc2)C(=O)O)ccc1O. The Hall–Kier alpha value is -2.75. The smallest absolute Gasteiger partial charge is 0.336 e. The maximum Gasteiger partial charge on any atom is 0.336 e. The molecule has 4 nitrogen and oxygen atoms in total. The zero-order chi connectivity index (χ0) is 14.5. The quantitative estimate of drug-likeness (QED) is 0.662. The normalized spacial score (nSPS) is 11.2. The second kappa shape index (κ2) is 5.93. The van der Waals surface area contributed by atoms with Crippen LogP contribution in [0.1, 0.15) is 11.1 Å². The summed E-state index contributed by atoms with van der Waals surface area (Å²) < 4.78 is 5.00. The van der Waals surface area contributed by atoms with Crippen LogP contribution in [0.25, 0.3) is 11.6 Å². The summed E-state index contributed by atoms with van der Waals surface area (Å²) in [6.07, 6.45) is 1.58. The first-order valence-electron chi connectivity index (χ1n) is 5.99. The summed E-state index contributed by atoms with van der Waals surface area (Å²) in [7, 11) is 1.42. The van der Waals surface area contributed by atoms with E-state index in [0.717, 1.165) is 5.56 Å². The number of benzene rings is 2. The third-order valence-electron chi connectivity index (χ3n) is 2.83. The molecule has 0 aliphatic carbocycles. The van der Waals surface area contributed by atoms with Crippen molar-refractivity contribution in [1.29, 1.82) is 0 Å². The summed E-state index contributed by atoms with van der Waals surface area (Å²) >= 11 is 0. The van der Waals surface area contributed by atoms with E-state index < -0.39 is 5.97 Å². The standard InChI is InChI=1S/C16H14O4/c1-20-15-10-12(7-8-14(15)17)13(16(18)19)9-11-5-3-2-4-6-11/h2-10,17H,1H3,(H,18,19). The number of aromatic hydroxyl groups is 1. The van der Waals surface area contributed by atoms with E-state index in [0.29, 0.717) is 5.56 Å². The Bertz CT molecular complexity index is 645. The molecule has 0 aliphatic rings. The second-order valence-corrected chi connectivity index (χ2v) is 4.16. The molecule has 2 rings (SSSR count). The van der Waals surface area contributed by atoms with Crippen molar-refractivity contribution in [3.8, 4) is 11.5 Å². The fourth-order valence-electron chi connectivity index (χ4n) is 1.83. The lowest BCUT2D eigenvalue weighted by atomic mass is 10.0. The van der Waals surface area contributed by atoms with Crippen molar-refractivity contribution in [2.24, 2.45) is 0 Å². The molecule has 20 heavy (non-hydrogen) atoms. The summed E-state index contributed by atoms with van der Waals surface area (Å²) in [4.78, 5) is 11.4. The second-order valence-electron chi connectivity index (χ2n) is 4.16. The fourth-order valence-corrected chi connectivity index (χ4v) is 1.83. The van der Waals surface area contributed by atoms with Crippen LogP contribution >= 0.6 is 0 Å². The van der Waals surface area contributed by atoms with Gasteiger partial charge in [-0.1, -0.05) is 36.4 Å². The molecule has 0 bridgehead atoms. The van der Waals surface area contributed by atoms with E-state index in [2.05, 4.69) is 0 Å². The number of hydrogen-bond donors (Lipinski definition) is 2. The van der Waals surface area contributed by atoms with Gasteiger partial charge in [0.1, 0.15) is 0 Å². The summed E-state index contributed by atoms with van der Waals surface area (Å²) in [5.74, 6) is -0.829. The van der Waals surface area contributed by atoms with Crippen LogP contribution in [0.4, 0.5) is 0 Å². The number of methoxy groups -OCH3 is 1. The Labute approximate surface area is 116 Å². The van der Waals surface area contributed by atoms with Crippen molar-refractivity contribution < 1.29 is 19.7 Å². The minimum absolute atomic E-state index is 0.0271. The van der Waals surface area contributed by atoms with Gasteiger partial charge >= 0.3 is 5.97 Å². The zero-order valence-electron chi connectivity index (χ0n) is 10.9. The number of aliphatic carboxylic acids is 1. The van der Waals surface area contributed by atoms with E-state index in [1.54, 1.807) is 12.1 Å². The molecule has 0 atom stereocenters. The van der Waals surface area contributed by atoms with Crippen LogP contribution in [-0.4, -0.2) is 23.3 Å². The molecule has 4 heteroatoms. The van der Waals surface area contributed by atoms with Crippen molar-refractivity contribution in [1.82, 2.24) is 0 Å². The minimum atomic E-state index is -1.04. The summed E-state index contributed by atoms with van der Waals surface area (Å²) in [6.45, 7) is 0. The Morgan fingerprint density at radius 3 is 2.45 bits per heavy atom. The fraction of sp³-hybridized carbons (Fsp3) is 0.0625. The molecule has 2 aromatic rings. The summed E-state index contributed by atoms with van der Waals surface area (Å²) in [5.41, 5.74) is 1.39. The van der Waals surface area contributed by atoms with Gasteiger partial charge in [0.05, 0.1) is 12.7 Å². The molecular formula is C16H14O4. The molecule has 0 aromatic heterocycles. The largest absolute Gasteiger partial charge is 0.504 e. The number of carboxylic acids is 1. The predicted molar refractivity (Wildman–Crippen MR) is 76.6 cm³/mol. The van der Waals surface area contributed by atoms with Crippen molar-refractivity contribution in [2.45, 2.75) is 0 Å². The van der Waals surface area contributed by atoms with Gasteiger partial charge in [-0.3, -0.25) is 0 Å². The molecule has 0 heterocycles. The van der Waals surface area contributed by atoms with Gasteiger partial charge < -0.3 is 14.9 Å². The first-order valence-corrected chi connectivity index (χ1v) is 5.99. The van der Waals surface area contributed by atoms with Crippen molar-refractivity contribution in [3.05, 3.63) is 59.7 Å². The lowest BCUT2D eigenvalue weighted by Gasteiger charge is -2.07. The van der Waals surface area contributed by atoms with Crippen molar-refractivity contribution in [3.63, 3.8) is 0 Å². The number of ether oxygens (including phenoxy) is 1. The average Bonchev–Trinajstić information content (AvgIpc) is 2.46. The number of carboxylic acid groups (broad SMARTS) is 1. The van der Waals surface area contributed by atoms with Crippen LogP contribution in [0, 0.1) is 0 Å². The average molecular weight is 270 g/mol. The molecule has 0 saturated carbocycles. The highest BCUT2D eigenvalue weighted by Gasteiger charge is 2.13. The van der Waals surface area contributed by atoms with Crippen molar-refractivity contribution >= 4 is 17.6 Å². The molecular weight excluding hydrogens is 256 g/mol. The Kier molecular flexibility index (Phi) is 4.05. The highest BCUT2D eigenvalue weighted by atomic mass is 16.5. The van der Waals surface area contributed by atoms with E-state index in [4.69, 9.17) is 4.74 Å². The highest BCUT2D eigenvalue weighted by molar-refractivity contribution is 6.20. The van der Waals surface area contributed by atoms with Gasteiger partial charge in [0, 0.05) is 0 Å². The van der Waals surface area contributed by atoms with Gasteiger partial charge in [0.2, 0.25) is 0 Å². The van der Waals surface area contributed by atoms with Crippen LogP contribution in [-0.2, 0) is 4.79 Å². The molecule has 0 spiro atoms. The number of phenolic OH excluding ortho intramolecular Hbond substituents is 1. The summed E-state index contributed by atoms with van der Waals surface area (Å²) in [6, 6.07) is 13.6. The maximum atomic E-state index is 11.4. The third kappa shape index (κ3) is 2.98. The molecule has 102 valence electrons. The van der Waals surface area contributed by atoms with E-state index >= 15 is 0 Å². The Balaban J connectivity index is 2.49. The van der Waals surface area contributed by atoms with E-state index in [1.807, 2.05) is 30.3 Å². The van der Waals surface area contributed by atoms with E-state index in [1.165, 1.54) is 19.2 Å². The molecule has 0 aliphatic heterocycles. The van der Waals surface area contributed by atoms with Crippen LogP contribution in [0.15, 0.2) is 48.5 Å². The Morgan fingerprint density at radius 2 is 1.85 bits per heavy atom. The lowest BCUT2D eigenvalue weighted by Crippen LogP contribution is -2.00. The van der Waals surface area contributed by atoms with Gasteiger partial charge in [0.25, 0.3) is 0 Å². The van der Waals surface area contributed by atoms with E-state index in [9.17, 15) is 15.0 Å².